The Labute approximate surface area is 111 Å². The molecule has 0 N–H and O–H groups in total. The highest BCUT2D eigenvalue weighted by atomic mass is 19.1. The van der Waals surface area contributed by atoms with Crippen molar-refractivity contribution >= 4 is 0 Å². The topological polar surface area (TPSA) is 35.3 Å². The van der Waals surface area contributed by atoms with Gasteiger partial charge >= 0.3 is 0 Å². The van der Waals surface area contributed by atoms with Gasteiger partial charge in [-0.05, 0) is 25.0 Å². The smallest absolute Gasteiger partial charge is 0.134 e. The molecule has 0 amide bonds. The first-order valence-electron chi connectivity index (χ1n) is 6.00. The first kappa shape index (κ1) is 15.3. The standard InChI is InChI=1S/C11H9F2NO.C3H8O/c1-2-7-3-9(8-5-14-15-6-8)11(13)4-10(7)12;1-3-4-2/h3-6H,2H2,1H3;3H2,1-2H3. The van der Waals surface area contributed by atoms with E-state index >= 15 is 0 Å². The van der Waals surface area contributed by atoms with Gasteiger partial charge in [0.15, 0.2) is 0 Å². The monoisotopic (exact) mass is 269 g/mol. The van der Waals surface area contributed by atoms with Crippen molar-refractivity contribution in [1.29, 1.82) is 0 Å². The summed E-state index contributed by atoms with van der Waals surface area (Å²) in [6.45, 7) is 4.59. The molecule has 0 atom stereocenters. The van der Waals surface area contributed by atoms with Crippen LogP contribution in [0.2, 0.25) is 0 Å². The van der Waals surface area contributed by atoms with Crippen molar-refractivity contribution in [3.8, 4) is 11.1 Å². The largest absolute Gasteiger partial charge is 0.385 e. The lowest BCUT2D eigenvalue weighted by molar-refractivity contribution is 0.215. The van der Waals surface area contributed by atoms with Crippen molar-refractivity contribution < 1.29 is 18.0 Å². The average Bonchev–Trinajstić information content (AvgIpc) is 2.93. The van der Waals surface area contributed by atoms with Gasteiger partial charge in [0, 0.05) is 30.9 Å². The highest BCUT2D eigenvalue weighted by molar-refractivity contribution is 5.62. The number of ether oxygens (including phenoxy) is 1. The van der Waals surface area contributed by atoms with Gasteiger partial charge in [-0.2, -0.15) is 0 Å². The van der Waals surface area contributed by atoms with Crippen LogP contribution in [-0.4, -0.2) is 18.9 Å². The van der Waals surface area contributed by atoms with Crippen LogP contribution in [0.1, 0.15) is 19.4 Å². The SMILES string of the molecule is CCOC.CCc1cc(-c2cnoc2)c(F)cc1F. The highest BCUT2D eigenvalue weighted by Crippen LogP contribution is 2.25. The fourth-order valence-electron chi connectivity index (χ4n) is 1.42. The normalized spacial score (nSPS) is 9.95. The van der Waals surface area contributed by atoms with Crippen molar-refractivity contribution in [1.82, 2.24) is 5.16 Å². The minimum Gasteiger partial charge on any atom is -0.385 e. The molecule has 0 aliphatic carbocycles. The number of halogens is 2. The predicted molar refractivity (Wildman–Crippen MR) is 68.8 cm³/mol. The maximum absolute atomic E-state index is 13.4. The molecule has 1 aromatic carbocycles. The van der Waals surface area contributed by atoms with E-state index in [1.54, 1.807) is 7.11 Å². The summed E-state index contributed by atoms with van der Waals surface area (Å²) in [5, 5.41) is 3.48. The highest BCUT2D eigenvalue weighted by Gasteiger charge is 2.11. The van der Waals surface area contributed by atoms with Gasteiger partial charge in [0.05, 0.1) is 6.20 Å². The van der Waals surface area contributed by atoms with E-state index in [2.05, 4.69) is 14.4 Å². The first-order valence-corrected chi connectivity index (χ1v) is 6.00. The van der Waals surface area contributed by atoms with Crippen LogP contribution in [0.3, 0.4) is 0 Å². The fourth-order valence-corrected chi connectivity index (χ4v) is 1.42. The third-order valence-corrected chi connectivity index (χ3v) is 2.55. The summed E-state index contributed by atoms with van der Waals surface area (Å²) in [7, 11) is 1.68. The van der Waals surface area contributed by atoms with Gasteiger partial charge in [-0.15, -0.1) is 0 Å². The van der Waals surface area contributed by atoms with Gasteiger partial charge in [0.25, 0.3) is 0 Å². The molecule has 0 spiro atoms. The first-order chi connectivity index (χ1) is 9.13. The number of methoxy groups -OCH3 is 1. The van der Waals surface area contributed by atoms with Crippen LogP contribution in [-0.2, 0) is 11.2 Å². The molecule has 1 heterocycles. The summed E-state index contributed by atoms with van der Waals surface area (Å²) in [6.07, 6.45) is 3.25. The van der Waals surface area contributed by atoms with E-state index in [4.69, 9.17) is 0 Å². The van der Waals surface area contributed by atoms with Gasteiger partial charge in [-0.1, -0.05) is 12.1 Å². The summed E-state index contributed by atoms with van der Waals surface area (Å²) in [5.41, 5.74) is 1.31. The maximum Gasteiger partial charge on any atom is 0.134 e. The number of nitrogens with zero attached hydrogens (tertiary/aromatic N) is 1. The van der Waals surface area contributed by atoms with Gasteiger partial charge < -0.3 is 9.26 Å². The van der Waals surface area contributed by atoms with E-state index in [1.807, 2.05) is 13.8 Å². The molecule has 0 saturated heterocycles. The van der Waals surface area contributed by atoms with E-state index < -0.39 is 11.6 Å². The van der Waals surface area contributed by atoms with E-state index in [0.29, 0.717) is 23.1 Å². The molecule has 2 rings (SSSR count). The van der Waals surface area contributed by atoms with Gasteiger partial charge in [-0.25, -0.2) is 8.78 Å². The Morgan fingerprint density at radius 1 is 1.21 bits per heavy atom. The quantitative estimate of drug-likeness (QED) is 0.849. The number of hydrogen-bond acceptors (Lipinski definition) is 3. The summed E-state index contributed by atoms with van der Waals surface area (Å²) in [6, 6.07) is 2.37. The molecule has 5 heteroatoms. The summed E-state index contributed by atoms with van der Waals surface area (Å²) in [4.78, 5) is 0. The number of benzene rings is 1. The lowest BCUT2D eigenvalue weighted by Crippen LogP contribution is -1.92. The minimum atomic E-state index is -0.604. The van der Waals surface area contributed by atoms with E-state index in [0.717, 1.165) is 12.7 Å². The average molecular weight is 269 g/mol. The van der Waals surface area contributed by atoms with Crippen LogP contribution in [0.15, 0.2) is 29.1 Å². The Hall–Kier alpha value is -1.75. The van der Waals surface area contributed by atoms with Crippen LogP contribution in [0.25, 0.3) is 11.1 Å². The van der Waals surface area contributed by atoms with E-state index in [-0.39, 0.29) is 0 Å². The second-order valence-electron chi connectivity index (χ2n) is 3.77. The zero-order valence-electron chi connectivity index (χ0n) is 11.2. The fraction of sp³-hybridized carbons (Fsp3) is 0.357. The van der Waals surface area contributed by atoms with Crippen molar-refractivity contribution in [3.05, 3.63) is 41.8 Å². The second kappa shape index (κ2) is 7.63. The zero-order valence-corrected chi connectivity index (χ0v) is 11.2. The van der Waals surface area contributed by atoms with Gasteiger partial charge in [0.1, 0.15) is 17.9 Å². The number of aryl methyl sites for hydroxylation is 1. The zero-order chi connectivity index (χ0) is 14.3. The van der Waals surface area contributed by atoms with Crippen molar-refractivity contribution in [3.63, 3.8) is 0 Å². The Balaban J connectivity index is 0.000000399. The summed E-state index contributed by atoms with van der Waals surface area (Å²) >= 11 is 0. The number of aromatic nitrogens is 1. The Morgan fingerprint density at radius 2 is 1.89 bits per heavy atom. The van der Waals surface area contributed by atoms with Crippen LogP contribution in [0, 0.1) is 11.6 Å². The second-order valence-corrected chi connectivity index (χ2v) is 3.77. The molecule has 0 radical (unpaired) electrons. The number of hydrogen-bond donors (Lipinski definition) is 0. The predicted octanol–water partition coefficient (Wildman–Crippen LogP) is 3.83. The molecule has 0 unspecified atom stereocenters. The molecule has 19 heavy (non-hydrogen) atoms. The Morgan fingerprint density at radius 3 is 2.37 bits per heavy atom. The summed E-state index contributed by atoms with van der Waals surface area (Å²) < 4.78 is 35.8. The molecule has 0 aliphatic heterocycles. The lowest BCUT2D eigenvalue weighted by Gasteiger charge is -2.04. The Kier molecular flexibility index (Phi) is 6.15. The molecule has 0 bridgehead atoms. The third kappa shape index (κ3) is 4.13. The summed E-state index contributed by atoms with van der Waals surface area (Å²) in [5.74, 6) is -1.12. The van der Waals surface area contributed by atoms with Crippen LogP contribution < -0.4 is 0 Å². The molecule has 0 saturated carbocycles. The third-order valence-electron chi connectivity index (χ3n) is 2.55. The van der Waals surface area contributed by atoms with Gasteiger partial charge in [0.2, 0.25) is 0 Å². The van der Waals surface area contributed by atoms with Crippen molar-refractivity contribution in [2.75, 3.05) is 13.7 Å². The maximum atomic E-state index is 13.4. The molecule has 3 nitrogen and oxygen atoms in total. The van der Waals surface area contributed by atoms with Crippen LogP contribution in [0.5, 0.6) is 0 Å². The van der Waals surface area contributed by atoms with Crippen LogP contribution >= 0.6 is 0 Å². The van der Waals surface area contributed by atoms with Crippen molar-refractivity contribution in [2.45, 2.75) is 20.3 Å². The van der Waals surface area contributed by atoms with E-state index in [9.17, 15) is 8.78 Å². The lowest BCUT2D eigenvalue weighted by atomic mass is 10.0. The minimum absolute atomic E-state index is 0.314. The molecule has 0 fully saturated rings. The van der Waals surface area contributed by atoms with Crippen molar-refractivity contribution in [2.24, 2.45) is 0 Å². The van der Waals surface area contributed by atoms with Crippen LogP contribution in [0.4, 0.5) is 8.78 Å². The number of rotatable bonds is 3. The molecule has 1 aromatic heterocycles. The molecular weight excluding hydrogens is 252 g/mol. The van der Waals surface area contributed by atoms with Gasteiger partial charge in [-0.3, -0.25) is 0 Å². The molecule has 104 valence electrons. The molecular formula is C14H17F2NO2. The van der Waals surface area contributed by atoms with E-state index in [1.165, 1.54) is 18.5 Å². The molecule has 0 aliphatic rings. The molecule has 2 aromatic rings. The Bertz CT molecular complexity index is 496.